The molecule has 2 aromatic rings. The minimum atomic E-state index is 0.108. The Morgan fingerprint density at radius 2 is 1.61 bits per heavy atom. The van der Waals surface area contributed by atoms with Crippen LogP contribution in [0.25, 0.3) is 11.1 Å². The molecule has 2 N–H and O–H groups in total. The van der Waals surface area contributed by atoms with Gasteiger partial charge in [0.15, 0.2) is 0 Å². The van der Waals surface area contributed by atoms with Crippen molar-refractivity contribution < 1.29 is 0 Å². The molecule has 2 nitrogen and oxygen atoms in total. The molecule has 0 heterocycles. The Kier molecular flexibility index (Phi) is 6.28. The molecule has 0 aliphatic heterocycles. The summed E-state index contributed by atoms with van der Waals surface area (Å²) < 4.78 is 0. The van der Waals surface area contributed by atoms with E-state index in [1.807, 2.05) is 6.07 Å². The molecule has 0 spiro atoms. The molecule has 0 saturated heterocycles. The van der Waals surface area contributed by atoms with Gasteiger partial charge in [0.05, 0.1) is 0 Å². The average Bonchev–Trinajstić information content (AvgIpc) is 2.60. The Balaban J connectivity index is 2.11. The molecule has 2 unspecified atom stereocenters. The molecular formula is C21H26N2. The molecule has 0 aliphatic carbocycles. The summed E-state index contributed by atoms with van der Waals surface area (Å²) >= 11 is 0. The van der Waals surface area contributed by atoms with Gasteiger partial charge < -0.3 is 10.8 Å². The Hall–Kier alpha value is -2.22. The van der Waals surface area contributed by atoms with Crippen molar-refractivity contribution in [3.8, 4) is 11.1 Å². The van der Waals surface area contributed by atoms with Gasteiger partial charge in [0.1, 0.15) is 0 Å². The first-order valence-corrected chi connectivity index (χ1v) is 8.38. The number of hydrogen-bond acceptors (Lipinski definition) is 2. The molecule has 2 aromatic carbocycles. The monoisotopic (exact) mass is 306 g/mol. The summed E-state index contributed by atoms with van der Waals surface area (Å²) in [7, 11) is 0. The molecule has 0 bridgehead atoms. The van der Waals surface area contributed by atoms with E-state index in [0.29, 0.717) is 6.42 Å². The first-order chi connectivity index (χ1) is 11.2. The molecular weight excluding hydrogens is 280 g/mol. The molecule has 0 saturated carbocycles. The van der Waals surface area contributed by atoms with Crippen LogP contribution in [0, 0.1) is 16.7 Å². The summed E-state index contributed by atoms with van der Waals surface area (Å²) in [6.45, 7) is 4.26. The van der Waals surface area contributed by atoms with E-state index >= 15 is 0 Å². The van der Waals surface area contributed by atoms with E-state index in [0.717, 1.165) is 18.6 Å². The minimum absolute atomic E-state index is 0.108. The number of hydrogen-bond donors (Lipinski definition) is 2. The van der Waals surface area contributed by atoms with Gasteiger partial charge in [0.25, 0.3) is 0 Å². The van der Waals surface area contributed by atoms with Crippen LogP contribution in [0.1, 0.15) is 44.6 Å². The van der Waals surface area contributed by atoms with Crippen molar-refractivity contribution in [1.82, 2.24) is 0 Å². The highest BCUT2D eigenvalue weighted by Crippen LogP contribution is 2.28. The fourth-order valence-electron chi connectivity index (χ4n) is 2.93. The van der Waals surface area contributed by atoms with Crippen LogP contribution >= 0.6 is 0 Å². The van der Waals surface area contributed by atoms with Gasteiger partial charge in [-0.25, -0.2) is 0 Å². The van der Waals surface area contributed by atoms with Gasteiger partial charge in [-0.15, -0.1) is 0 Å². The zero-order chi connectivity index (χ0) is 16.7. The van der Waals surface area contributed by atoms with Crippen LogP contribution in [-0.4, -0.2) is 11.9 Å². The van der Waals surface area contributed by atoms with Crippen molar-refractivity contribution in [1.29, 1.82) is 10.8 Å². The highest BCUT2D eigenvalue weighted by atomic mass is 14.4. The van der Waals surface area contributed by atoms with Crippen LogP contribution in [0.4, 0.5) is 0 Å². The van der Waals surface area contributed by atoms with Crippen molar-refractivity contribution in [2.24, 2.45) is 5.92 Å². The maximum atomic E-state index is 8.02. The van der Waals surface area contributed by atoms with E-state index in [1.54, 1.807) is 0 Å². The Morgan fingerprint density at radius 1 is 1.00 bits per heavy atom. The van der Waals surface area contributed by atoms with Crippen LogP contribution in [0.15, 0.2) is 54.6 Å². The molecule has 0 radical (unpaired) electrons. The lowest BCUT2D eigenvalue weighted by atomic mass is 9.84. The van der Waals surface area contributed by atoms with Crippen molar-refractivity contribution in [2.45, 2.75) is 39.0 Å². The highest BCUT2D eigenvalue weighted by molar-refractivity contribution is 5.84. The molecule has 2 atom stereocenters. The average molecular weight is 306 g/mol. The van der Waals surface area contributed by atoms with Gasteiger partial charge in [-0.1, -0.05) is 74.9 Å². The molecule has 0 fully saturated rings. The minimum Gasteiger partial charge on any atom is -0.313 e. The van der Waals surface area contributed by atoms with Gasteiger partial charge >= 0.3 is 0 Å². The highest BCUT2D eigenvalue weighted by Gasteiger charge is 2.18. The van der Waals surface area contributed by atoms with E-state index in [-0.39, 0.29) is 11.8 Å². The number of nitrogens with one attached hydrogen (secondary N) is 2. The van der Waals surface area contributed by atoms with Crippen LogP contribution in [0.3, 0.4) is 0 Å². The summed E-state index contributed by atoms with van der Waals surface area (Å²) in [5.41, 5.74) is 4.43. The SMILES string of the molecule is CCCC(=N)CC(C=N)C(C)c1ccc(-c2ccccc2)cc1. The van der Waals surface area contributed by atoms with Crippen molar-refractivity contribution >= 4 is 11.9 Å². The molecule has 0 aliphatic rings. The first kappa shape index (κ1) is 17.1. The fourth-order valence-corrected chi connectivity index (χ4v) is 2.93. The second-order valence-electron chi connectivity index (χ2n) is 6.16. The standard InChI is InChI=1S/C21H26N2/c1-3-7-21(23)14-20(15-22)16(2)17-10-12-19(13-11-17)18-8-5-4-6-9-18/h4-6,8-13,15-16,20,22-23H,3,7,14H2,1-2H3. The van der Waals surface area contributed by atoms with E-state index in [2.05, 4.69) is 62.4 Å². The predicted molar refractivity (Wildman–Crippen MR) is 99.8 cm³/mol. The molecule has 120 valence electrons. The zero-order valence-electron chi connectivity index (χ0n) is 14.0. The topological polar surface area (TPSA) is 47.7 Å². The maximum Gasteiger partial charge on any atom is 0.00957 e. The fraction of sp³-hybridized carbons (Fsp3) is 0.333. The predicted octanol–water partition coefficient (Wildman–Crippen LogP) is 5.93. The number of rotatable bonds is 8. The Labute approximate surface area is 139 Å². The normalized spacial score (nSPS) is 13.3. The second-order valence-corrected chi connectivity index (χ2v) is 6.16. The van der Waals surface area contributed by atoms with E-state index in [1.165, 1.54) is 22.9 Å². The van der Waals surface area contributed by atoms with Gasteiger partial charge in [0.2, 0.25) is 0 Å². The lowest BCUT2D eigenvalue weighted by molar-refractivity contribution is 0.595. The van der Waals surface area contributed by atoms with E-state index in [4.69, 9.17) is 10.8 Å². The van der Waals surface area contributed by atoms with E-state index < -0.39 is 0 Å². The molecule has 0 aromatic heterocycles. The van der Waals surface area contributed by atoms with Gasteiger partial charge in [-0.2, -0.15) is 0 Å². The van der Waals surface area contributed by atoms with Gasteiger partial charge in [-0.05, 0) is 41.7 Å². The summed E-state index contributed by atoms with van der Waals surface area (Å²) in [6.07, 6.45) is 4.05. The molecule has 2 heteroatoms. The number of benzene rings is 2. The smallest absolute Gasteiger partial charge is 0.00957 e. The molecule has 0 amide bonds. The lowest BCUT2D eigenvalue weighted by Crippen LogP contribution is -2.15. The third-order valence-electron chi connectivity index (χ3n) is 4.43. The molecule has 23 heavy (non-hydrogen) atoms. The summed E-state index contributed by atoms with van der Waals surface area (Å²) in [4.78, 5) is 0. The van der Waals surface area contributed by atoms with Gasteiger partial charge in [-0.3, -0.25) is 0 Å². The molecule has 2 rings (SSSR count). The van der Waals surface area contributed by atoms with E-state index in [9.17, 15) is 0 Å². The van der Waals surface area contributed by atoms with Crippen molar-refractivity contribution in [3.63, 3.8) is 0 Å². The largest absolute Gasteiger partial charge is 0.313 e. The summed E-state index contributed by atoms with van der Waals surface area (Å²) in [5.74, 6) is 0.367. The Morgan fingerprint density at radius 3 is 2.17 bits per heavy atom. The lowest BCUT2D eigenvalue weighted by Gasteiger charge is -2.21. The third-order valence-corrected chi connectivity index (χ3v) is 4.43. The van der Waals surface area contributed by atoms with Crippen molar-refractivity contribution in [3.05, 3.63) is 60.2 Å². The van der Waals surface area contributed by atoms with Crippen LogP contribution < -0.4 is 0 Å². The van der Waals surface area contributed by atoms with Crippen LogP contribution in [0.2, 0.25) is 0 Å². The Bertz CT molecular complexity index is 629. The van der Waals surface area contributed by atoms with Gasteiger partial charge in [0, 0.05) is 11.6 Å². The quantitative estimate of drug-likeness (QED) is 0.568. The van der Waals surface area contributed by atoms with Crippen molar-refractivity contribution in [2.75, 3.05) is 0 Å². The van der Waals surface area contributed by atoms with Crippen LogP contribution in [-0.2, 0) is 0 Å². The third kappa shape index (κ3) is 4.62. The first-order valence-electron chi connectivity index (χ1n) is 8.38. The second kappa shape index (κ2) is 8.42. The van der Waals surface area contributed by atoms with Crippen LogP contribution in [0.5, 0.6) is 0 Å². The zero-order valence-corrected chi connectivity index (χ0v) is 14.0. The summed E-state index contributed by atoms with van der Waals surface area (Å²) in [6, 6.07) is 19.0. The maximum absolute atomic E-state index is 8.02. The summed E-state index contributed by atoms with van der Waals surface area (Å²) in [5, 5.41) is 15.7.